The van der Waals surface area contributed by atoms with Gasteiger partial charge in [-0.1, -0.05) is 0 Å². The number of hydrogen-bond acceptors (Lipinski definition) is 3. The quantitative estimate of drug-likeness (QED) is 0.857. The van der Waals surface area contributed by atoms with Crippen molar-refractivity contribution in [1.82, 2.24) is 4.90 Å². The number of amides is 1. The third kappa shape index (κ3) is 3.61. The van der Waals surface area contributed by atoms with Gasteiger partial charge >= 0.3 is 0 Å². The standard InChI is InChI=1S/C18H25NO3/c1-14-5-2-3-11-19(14)18(20)15-7-9-16(10-8-15)22-13-17-6-4-12-21-17/h7-10,14,17H,2-6,11-13H2,1H3. The Morgan fingerprint density at radius 2 is 2.05 bits per heavy atom. The largest absolute Gasteiger partial charge is 0.491 e. The van der Waals surface area contributed by atoms with Gasteiger partial charge in [0.1, 0.15) is 12.4 Å². The van der Waals surface area contributed by atoms with Gasteiger partial charge in [0.2, 0.25) is 0 Å². The molecule has 0 spiro atoms. The van der Waals surface area contributed by atoms with Crippen molar-refractivity contribution in [3.05, 3.63) is 29.8 Å². The van der Waals surface area contributed by atoms with E-state index >= 15 is 0 Å². The van der Waals surface area contributed by atoms with Crippen molar-refractivity contribution in [2.24, 2.45) is 0 Å². The molecule has 4 nitrogen and oxygen atoms in total. The average Bonchev–Trinajstić information content (AvgIpc) is 3.07. The summed E-state index contributed by atoms with van der Waals surface area (Å²) in [6.07, 6.45) is 5.85. The van der Waals surface area contributed by atoms with Gasteiger partial charge in [-0.05, 0) is 63.3 Å². The predicted octanol–water partition coefficient (Wildman–Crippen LogP) is 3.26. The molecule has 2 heterocycles. The first-order chi connectivity index (χ1) is 10.7. The predicted molar refractivity (Wildman–Crippen MR) is 85.3 cm³/mol. The third-order valence-electron chi connectivity index (χ3n) is 4.62. The van der Waals surface area contributed by atoms with E-state index < -0.39 is 0 Å². The molecule has 120 valence electrons. The minimum absolute atomic E-state index is 0.137. The molecule has 1 aromatic rings. The van der Waals surface area contributed by atoms with Crippen molar-refractivity contribution >= 4 is 5.91 Å². The lowest BCUT2D eigenvalue weighted by molar-refractivity contribution is 0.0634. The molecule has 0 aromatic heterocycles. The number of benzene rings is 1. The third-order valence-corrected chi connectivity index (χ3v) is 4.62. The number of likely N-dealkylation sites (tertiary alicyclic amines) is 1. The fourth-order valence-electron chi connectivity index (χ4n) is 3.22. The molecule has 1 amide bonds. The van der Waals surface area contributed by atoms with E-state index in [1.807, 2.05) is 29.2 Å². The van der Waals surface area contributed by atoms with Gasteiger partial charge < -0.3 is 14.4 Å². The van der Waals surface area contributed by atoms with Gasteiger partial charge in [0.25, 0.3) is 5.91 Å². The molecular formula is C18H25NO3. The van der Waals surface area contributed by atoms with Gasteiger partial charge in [-0.2, -0.15) is 0 Å². The van der Waals surface area contributed by atoms with Crippen molar-refractivity contribution < 1.29 is 14.3 Å². The minimum atomic E-state index is 0.137. The van der Waals surface area contributed by atoms with Crippen LogP contribution in [0.3, 0.4) is 0 Å². The molecule has 0 saturated carbocycles. The Bertz CT molecular complexity index is 494. The number of nitrogens with zero attached hydrogens (tertiary/aromatic N) is 1. The van der Waals surface area contributed by atoms with Gasteiger partial charge in [-0.3, -0.25) is 4.79 Å². The number of hydrogen-bond donors (Lipinski definition) is 0. The highest BCUT2D eigenvalue weighted by molar-refractivity contribution is 5.94. The molecule has 2 fully saturated rings. The molecule has 2 saturated heterocycles. The van der Waals surface area contributed by atoms with Gasteiger partial charge in [0.05, 0.1) is 6.10 Å². The monoisotopic (exact) mass is 303 g/mol. The van der Waals surface area contributed by atoms with Gasteiger partial charge in [-0.25, -0.2) is 0 Å². The second-order valence-corrected chi connectivity index (χ2v) is 6.31. The van der Waals surface area contributed by atoms with Gasteiger partial charge in [0, 0.05) is 24.8 Å². The summed E-state index contributed by atoms with van der Waals surface area (Å²) in [7, 11) is 0. The van der Waals surface area contributed by atoms with Gasteiger partial charge in [0.15, 0.2) is 0 Å². The van der Waals surface area contributed by atoms with E-state index in [2.05, 4.69) is 6.92 Å². The lowest BCUT2D eigenvalue weighted by Crippen LogP contribution is -2.41. The summed E-state index contributed by atoms with van der Waals surface area (Å²) in [6.45, 7) is 4.44. The van der Waals surface area contributed by atoms with E-state index in [-0.39, 0.29) is 12.0 Å². The van der Waals surface area contributed by atoms with Crippen LogP contribution in [0.15, 0.2) is 24.3 Å². The smallest absolute Gasteiger partial charge is 0.254 e. The van der Waals surface area contributed by atoms with Crippen LogP contribution in [0.2, 0.25) is 0 Å². The summed E-state index contributed by atoms with van der Waals surface area (Å²) < 4.78 is 11.3. The Balaban J connectivity index is 1.57. The van der Waals surface area contributed by atoms with Crippen LogP contribution < -0.4 is 4.74 Å². The Hall–Kier alpha value is -1.55. The average molecular weight is 303 g/mol. The van der Waals surface area contributed by atoms with E-state index in [1.165, 1.54) is 6.42 Å². The van der Waals surface area contributed by atoms with Crippen LogP contribution >= 0.6 is 0 Å². The second kappa shape index (κ2) is 7.14. The summed E-state index contributed by atoms with van der Waals surface area (Å²) in [6, 6.07) is 7.85. The molecule has 0 radical (unpaired) electrons. The van der Waals surface area contributed by atoms with E-state index in [1.54, 1.807) is 0 Å². The molecule has 2 aliphatic rings. The van der Waals surface area contributed by atoms with Crippen LogP contribution in [0.4, 0.5) is 0 Å². The van der Waals surface area contributed by atoms with E-state index in [9.17, 15) is 4.79 Å². The van der Waals surface area contributed by atoms with Crippen molar-refractivity contribution in [1.29, 1.82) is 0 Å². The molecule has 2 unspecified atom stereocenters. The Morgan fingerprint density at radius 1 is 1.23 bits per heavy atom. The summed E-state index contributed by atoms with van der Waals surface area (Å²) in [5, 5.41) is 0. The highest BCUT2D eigenvalue weighted by Gasteiger charge is 2.24. The Morgan fingerprint density at radius 3 is 2.73 bits per heavy atom. The molecule has 2 atom stereocenters. The highest BCUT2D eigenvalue weighted by atomic mass is 16.5. The number of carbonyl (C=O) groups excluding carboxylic acids is 1. The summed E-state index contributed by atoms with van der Waals surface area (Å²) in [5.41, 5.74) is 0.748. The van der Waals surface area contributed by atoms with Crippen LogP contribution in [0.1, 0.15) is 49.4 Å². The zero-order chi connectivity index (χ0) is 15.4. The molecule has 4 heteroatoms. The van der Waals surface area contributed by atoms with Crippen molar-refractivity contribution in [2.45, 2.75) is 51.2 Å². The van der Waals surface area contributed by atoms with E-state index in [0.717, 1.165) is 50.1 Å². The Kier molecular flexibility index (Phi) is 4.98. The van der Waals surface area contributed by atoms with Crippen LogP contribution in [-0.2, 0) is 4.74 Å². The maximum atomic E-state index is 12.6. The maximum Gasteiger partial charge on any atom is 0.254 e. The molecular weight excluding hydrogens is 278 g/mol. The van der Waals surface area contributed by atoms with Crippen LogP contribution in [0, 0.1) is 0 Å². The first-order valence-electron chi connectivity index (χ1n) is 8.39. The fraction of sp³-hybridized carbons (Fsp3) is 0.611. The van der Waals surface area contributed by atoms with E-state index in [0.29, 0.717) is 12.6 Å². The van der Waals surface area contributed by atoms with Crippen molar-refractivity contribution in [2.75, 3.05) is 19.8 Å². The molecule has 0 N–H and O–H groups in total. The normalized spacial score (nSPS) is 25.2. The lowest BCUT2D eigenvalue weighted by Gasteiger charge is -2.33. The zero-order valence-corrected chi connectivity index (χ0v) is 13.3. The molecule has 3 rings (SSSR count). The zero-order valence-electron chi connectivity index (χ0n) is 13.3. The SMILES string of the molecule is CC1CCCCN1C(=O)c1ccc(OCC2CCCO2)cc1. The van der Waals surface area contributed by atoms with Crippen LogP contribution in [0.25, 0.3) is 0 Å². The fourth-order valence-corrected chi connectivity index (χ4v) is 3.22. The van der Waals surface area contributed by atoms with E-state index in [4.69, 9.17) is 9.47 Å². The van der Waals surface area contributed by atoms with Gasteiger partial charge in [-0.15, -0.1) is 0 Å². The molecule has 22 heavy (non-hydrogen) atoms. The van der Waals surface area contributed by atoms with Crippen LogP contribution in [0.5, 0.6) is 5.75 Å². The number of carbonyl (C=O) groups is 1. The Labute approximate surface area is 132 Å². The van der Waals surface area contributed by atoms with Crippen molar-refractivity contribution in [3.8, 4) is 5.75 Å². The molecule has 0 bridgehead atoms. The van der Waals surface area contributed by atoms with Crippen molar-refractivity contribution in [3.63, 3.8) is 0 Å². The second-order valence-electron chi connectivity index (χ2n) is 6.31. The molecule has 0 aliphatic carbocycles. The molecule has 1 aromatic carbocycles. The summed E-state index contributed by atoms with van der Waals surface area (Å²) in [5.74, 6) is 0.941. The first-order valence-corrected chi connectivity index (χ1v) is 8.39. The number of rotatable bonds is 4. The number of ether oxygens (including phenoxy) is 2. The number of piperidine rings is 1. The first kappa shape index (κ1) is 15.3. The maximum absolute atomic E-state index is 12.6. The summed E-state index contributed by atoms with van der Waals surface area (Å²) >= 11 is 0. The molecule has 2 aliphatic heterocycles. The van der Waals surface area contributed by atoms with Crippen LogP contribution in [-0.4, -0.2) is 42.7 Å². The lowest BCUT2D eigenvalue weighted by atomic mass is 10.0. The topological polar surface area (TPSA) is 38.8 Å². The minimum Gasteiger partial charge on any atom is -0.491 e. The highest BCUT2D eigenvalue weighted by Crippen LogP contribution is 2.21. The summed E-state index contributed by atoms with van der Waals surface area (Å²) in [4.78, 5) is 14.5.